The van der Waals surface area contributed by atoms with Gasteiger partial charge in [-0.3, -0.25) is 9.69 Å². The van der Waals surface area contributed by atoms with Crippen LogP contribution in [0, 0.1) is 13.8 Å². The molecule has 128 valence electrons. The number of aromatic nitrogens is 2. The molecule has 0 saturated heterocycles. The van der Waals surface area contributed by atoms with Crippen LogP contribution in [0.2, 0.25) is 0 Å². The van der Waals surface area contributed by atoms with Gasteiger partial charge in [0.1, 0.15) is 6.54 Å². The fourth-order valence-electron chi connectivity index (χ4n) is 3.31. The molecule has 0 aliphatic carbocycles. The summed E-state index contributed by atoms with van der Waals surface area (Å²) in [6.07, 6.45) is 2.74. The molecule has 0 spiro atoms. The molecule has 2 aromatic rings. The molecular weight excluding hydrogens is 300 g/mol. The van der Waals surface area contributed by atoms with Crippen molar-refractivity contribution in [3.63, 3.8) is 0 Å². The van der Waals surface area contributed by atoms with Gasteiger partial charge in [-0.25, -0.2) is 4.98 Å². The van der Waals surface area contributed by atoms with Gasteiger partial charge in [-0.2, -0.15) is 0 Å². The van der Waals surface area contributed by atoms with Gasteiger partial charge in [0.25, 0.3) is 0 Å². The number of imidazole rings is 1. The molecule has 1 aromatic carbocycles. The number of rotatable bonds is 4. The molecule has 1 aromatic heterocycles. The molecule has 3 rings (SSSR count). The Labute approximate surface area is 143 Å². The summed E-state index contributed by atoms with van der Waals surface area (Å²) in [4.78, 5) is 21.0. The van der Waals surface area contributed by atoms with E-state index in [0.29, 0.717) is 12.6 Å². The molecule has 5 heteroatoms. The van der Waals surface area contributed by atoms with Crippen molar-refractivity contribution < 1.29 is 4.79 Å². The van der Waals surface area contributed by atoms with Crippen LogP contribution < -0.4 is 0 Å². The number of carbonyl (C=O) groups excluding carboxylic acids is 1. The maximum absolute atomic E-state index is 12.6. The van der Waals surface area contributed by atoms with E-state index in [1.807, 2.05) is 30.4 Å². The van der Waals surface area contributed by atoms with Gasteiger partial charge in [-0.15, -0.1) is 0 Å². The van der Waals surface area contributed by atoms with Gasteiger partial charge in [-0.05, 0) is 38.4 Å². The van der Waals surface area contributed by atoms with Crippen molar-refractivity contribution in [1.82, 2.24) is 19.4 Å². The first-order valence-corrected chi connectivity index (χ1v) is 8.45. The van der Waals surface area contributed by atoms with Crippen LogP contribution in [-0.2, 0) is 24.3 Å². The second-order valence-electron chi connectivity index (χ2n) is 6.86. The SMILES string of the molecule is Cc1ncn(CC(=O)N(C)CC2Cc3ccccc3CN2C)c1C. The quantitative estimate of drug-likeness (QED) is 0.863. The maximum atomic E-state index is 12.6. The van der Waals surface area contributed by atoms with Crippen LogP contribution in [0.3, 0.4) is 0 Å². The predicted molar refractivity (Wildman–Crippen MR) is 94.7 cm³/mol. The number of likely N-dealkylation sites (N-methyl/N-ethyl adjacent to an activating group) is 2. The van der Waals surface area contributed by atoms with Gasteiger partial charge < -0.3 is 9.47 Å². The Morgan fingerprint density at radius 3 is 2.67 bits per heavy atom. The van der Waals surface area contributed by atoms with E-state index in [1.54, 1.807) is 6.33 Å². The first kappa shape index (κ1) is 16.7. The van der Waals surface area contributed by atoms with E-state index in [9.17, 15) is 4.79 Å². The number of fused-ring (bicyclic) bond motifs is 1. The largest absolute Gasteiger partial charge is 0.343 e. The minimum Gasteiger partial charge on any atom is -0.343 e. The van der Waals surface area contributed by atoms with E-state index < -0.39 is 0 Å². The number of hydrogen-bond donors (Lipinski definition) is 0. The smallest absolute Gasteiger partial charge is 0.242 e. The molecular formula is C19H26N4O. The van der Waals surface area contributed by atoms with Crippen LogP contribution in [0.1, 0.15) is 22.5 Å². The minimum atomic E-state index is 0.128. The summed E-state index contributed by atoms with van der Waals surface area (Å²) in [6, 6.07) is 8.95. The van der Waals surface area contributed by atoms with Gasteiger partial charge in [0.2, 0.25) is 5.91 Å². The molecule has 0 bridgehead atoms. The zero-order valence-corrected chi connectivity index (χ0v) is 15.0. The van der Waals surface area contributed by atoms with Crippen LogP contribution in [0.4, 0.5) is 0 Å². The summed E-state index contributed by atoms with van der Waals surface area (Å²) in [5.74, 6) is 0.128. The van der Waals surface area contributed by atoms with Gasteiger partial charge >= 0.3 is 0 Å². The molecule has 0 fully saturated rings. The first-order valence-electron chi connectivity index (χ1n) is 8.45. The number of hydrogen-bond acceptors (Lipinski definition) is 3. The summed E-state index contributed by atoms with van der Waals surface area (Å²) < 4.78 is 1.92. The van der Waals surface area contributed by atoms with E-state index in [1.165, 1.54) is 11.1 Å². The highest BCUT2D eigenvalue weighted by molar-refractivity contribution is 5.75. The Morgan fingerprint density at radius 2 is 2.00 bits per heavy atom. The lowest BCUT2D eigenvalue weighted by atomic mass is 9.94. The molecule has 1 aliphatic rings. The van der Waals surface area contributed by atoms with Crippen LogP contribution >= 0.6 is 0 Å². The summed E-state index contributed by atoms with van der Waals surface area (Å²) in [5, 5.41) is 0. The highest BCUT2D eigenvalue weighted by Gasteiger charge is 2.25. The Hall–Kier alpha value is -2.14. The third kappa shape index (κ3) is 3.36. The monoisotopic (exact) mass is 326 g/mol. The molecule has 5 nitrogen and oxygen atoms in total. The molecule has 24 heavy (non-hydrogen) atoms. The Kier molecular flexibility index (Phi) is 4.71. The summed E-state index contributed by atoms with van der Waals surface area (Å²) in [7, 11) is 4.04. The highest BCUT2D eigenvalue weighted by atomic mass is 16.2. The lowest BCUT2D eigenvalue weighted by Crippen LogP contribution is -2.46. The Balaban J connectivity index is 1.63. The average Bonchev–Trinajstić information content (AvgIpc) is 2.87. The van der Waals surface area contributed by atoms with Crippen LogP contribution in [-0.4, -0.2) is 51.9 Å². The molecule has 0 radical (unpaired) electrons. The molecule has 0 saturated carbocycles. The van der Waals surface area contributed by atoms with Crippen LogP contribution in [0.25, 0.3) is 0 Å². The standard InChI is InChI=1S/C19H26N4O/c1-14-15(2)23(13-20-14)12-19(24)22(4)11-18-9-16-7-5-6-8-17(16)10-21(18)3/h5-8,13,18H,9-12H2,1-4H3. The first-order chi connectivity index (χ1) is 11.5. The lowest BCUT2D eigenvalue weighted by Gasteiger charge is -2.36. The van der Waals surface area contributed by atoms with Crippen molar-refractivity contribution >= 4 is 5.91 Å². The van der Waals surface area contributed by atoms with E-state index >= 15 is 0 Å². The van der Waals surface area contributed by atoms with Crippen LogP contribution in [0.15, 0.2) is 30.6 Å². The second-order valence-corrected chi connectivity index (χ2v) is 6.86. The molecule has 1 atom stereocenters. The summed E-state index contributed by atoms with van der Waals surface area (Å²) in [6.45, 7) is 6.02. The average molecular weight is 326 g/mol. The number of nitrogens with zero attached hydrogens (tertiary/aromatic N) is 4. The van der Waals surface area contributed by atoms with Gasteiger partial charge in [0.05, 0.1) is 12.0 Å². The number of aryl methyl sites for hydroxylation is 1. The topological polar surface area (TPSA) is 41.4 Å². The number of benzene rings is 1. The van der Waals surface area contributed by atoms with Gasteiger partial charge in [-0.1, -0.05) is 24.3 Å². The highest BCUT2D eigenvalue weighted by Crippen LogP contribution is 2.22. The van der Waals surface area contributed by atoms with E-state index in [-0.39, 0.29) is 5.91 Å². The molecule has 1 unspecified atom stereocenters. The second kappa shape index (κ2) is 6.77. The molecule has 1 aliphatic heterocycles. The fraction of sp³-hybridized carbons (Fsp3) is 0.474. The van der Waals surface area contributed by atoms with E-state index in [2.05, 4.69) is 41.2 Å². The summed E-state index contributed by atoms with van der Waals surface area (Å²) in [5.41, 5.74) is 4.84. The number of amides is 1. The van der Waals surface area contributed by atoms with Crippen molar-refractivity contribution in [3.05, 3.63) is 53.1 Å². The normalized spacial score (nSPS) is 17.6. The van der Waals surface area contributed by atoms with Crippen molar-refractivity contribution in [1.29, 1.82) is 0 Å². The third-order valence-electron chi connectivity index (χ3n) is 5.18. The third-order valence-corrected chi connectivity index (χ3v) is 5.18. The Bertz CT molecular complexity index is 737. The van der Waals surface area contributed by atoms with Gasteiger partial charge in [0.15, 0.2) is 0 Å². The molecule has 1 amide bonds. The fourth-order valence-corrected chi connectivity index (χ4v) is 3.31. The zero-order valence-electron chi connectivity index (χ0n) is 15.0. The lowest BCUT2D eigenvalue weighted by molar-refractivity contribution is -0.131. The van der Waals surface area contributed by atoms with Crippen LogP contribution in [0.5, 0.6) is 0 Å². The van der Waals surface area contributed by atoms with Gasteiger partial charge in [0, 0.05) is 31.9 Å². The van der Waals surface area contributed by atoms with Crippen molar-refractivity contribution in [3.8, 4) is 0 Å². The van der Waals surface area contributed by atoms with E-state index in [0.717, 1.165) is 30.9 Å². The van der Waals surface area contributed by atoms with Crippen molar-refractivity contribution in [2.24, 2.45) is 0 Å². The van der Waals surface area contributed by atoms with Crippen molar-refractivity contribution in [2.45, 2.75) is 39.4 Å². The Morgan fingerprint density at radius 1 is 1.29 bits per heavy atom. The van der Waals surface area contributed by atoms with E-state index in [4.69, 9.17) is 0 Å². The molecule has 0 N–H and O–H groups in total. The van der Waals surface area contributed by atoms with Crippen molar-refractivity contribution in [2.75, 3.05) is 20.6 Å². The summed E-state index contributed by atoms with van der Waals surface area (Å²) >= 11 is 0. The minimum absolute atomic E-state index is 0.128. The predicted octanol–water partition coefficient (Wildman–Crippen LogP) is 2.02. The zero-order chi connectivity index (χ0) is 17.3. The molecule has 2 heterocycles. The number of carbonyl (C=O) groups is 1. The maximum Gasteiger partial charge on any atom is 0.242 e.